The molecule has 2 unspecified atom stereocenters. The van der Waals surface area contributed by atoms with E-state index >= 15 is 0 Å². The summed E-state index contributed by atoms with van der Waals surface area (Å²) in [4.78, 5) is 18.8. The van der Waals surface area contributed by atoms with Gasteiger partial charge >= 0.3 is 6.09 Å². The highest BCUT2D eigenvalue weighted by Gasteiger charge is 2.25. The number of carbonyl (C=O) groups is 1. The average Bonchev–Trinajstić information content (AvgIpc) is 3.04. The molecule has 0 aromatic carbocycles. The van der Waals surface area contributed by atoms with Crippen LogP contribution in [0.25, 0.3) is 0 Å². The monoisotopic (exact) mass is 378 g/mol. The summed E-state index contributed by atoms with van der Waals surface area (Å²) >= 11 is 0. The zero-order valence-corrected chi connectivity index (χ0v) is 17.2. The Morgan fingerprint density at radius 1 is 1.44 bits per heavy atom. The third-order valence-electron chi connectivity index (χ3n) is 4.70. The third kappa shape index (κ3) is 7.08. The maximum atomic E-state index is 12.1. The van der Waals surface area contributed by atoms with Crippen LogP contribution in [-0.4, -0.2) is 61.0 Å². The lowest BCUT2D eigenvalue weighted by Gasteiger charge is -2.26. The van der Waals surface area contributed by atoms with Gasteiger partial charge < -0.3 is 14.8 Å². The van der Waals surface area contributed by atoms with Gasteiger partial charge in [0.1, 0.15) is 5.60 Å². The summed E-state index contributed by atoms with van der Waals surface area (Å²) in [6.07, 6.45) is 5.43. The first-order chi connectivity index (χ1) is 12.8. The maximum absolute atomic E-state index is 12.1. The molecular weight excluding hydrogens is 344 g/mol. The smallest absolute Gasteiger partial charge is 0.412 e. The fourth-order valence-electron chi connectivity index (χ4n) is 3.33. The predicted octanol–water partition coefficient (Wildman–Crippen LogP) is 3.19. The Labute approximate surface area is 162 Å². The molecule has 1 saturated heterocycles. The van der Waals surface area contributed by atoms with Gasteiger partial charge in [-0.25, -0.2) is 4.79 Å². The summed E-state index contributed by atoms with van der Waals surface area (Å²) in [6.45, 7) is 11.4. The van der Waals surface area contributed by atoms with Crippen LogP contribution in [0.5, 0.6) is 0 Å². The van der Waals surface area contributed by atoms with E-state index in [4.69, 9.17) is 9.47 Å². The summed E-state index contributed by atoms with van der Waals surface area (Å²) in [5.41, 5.74) is 1.14. The van der Waals surface area contributed by atoms with Gasteiger partial charge in [-0.15, -0.1) is 0 Å². The quantitative estimate of drug-likeness (QED) is 0.724. The molecule has 0 saturated carbocycles. The van der Waals surface area contributed by atoms with Crippen molar-refractivity contribution in [2.24, 2.45) is 0 Å². The second kappa shape index (κ2) is 10.0. The predicted molar refractivity (Wildman–Crippen MR) is 107 cm³/mol. The normalized spacial score (nSPS) is 19.1. The van der Waals surface area contributed by atoms with Gasteiger partial charge in [0.25, 0.3) is 0 Å². The van der Waals surface area contributed by atoms with Crippen molar-refractivity contribution in [1.29, 1.82) is 0 Å². The number of pyridine rings is 1. The molecule has 152 valence electrons. The van der Waals surface area contributed by atoms with Crippen molar-refractivity contribution in [2.75, 3.05) is 38.7 Å². The highest BCUT2D eigenvalue weighted by Crippen LogP contribution is 2.23. The highest BCUT2D eigenvalue weighted by molar-refractivity contribution is 5.85. The molecule has 2 rings (SSSR count). The number of hydrogen-bond acceptors (Lipinski definition) is 6. The first kappa shape index (κ1) is 21.6. The fraction of sp³-hybridized carbons (Fsp3) is 0.700. The zero-order chi connectivity index (χ0) is 19.9. The van der Waals surface area contributed by atoms with E-state index in [-0.39, 0.29) is 6.04 Å². The van der Waals surface area contributed by atoms with Crippen LogP contribution in [-0.2, 0) is 9.47 Å². The Morgan fingerprint density at radius 3 is 2.93 bits per heavy atom. The number of hydrogen-bond donors (Lipinski definition) is 2. The minimum atomic E-state index is -0.532. The van der Waals surface area contributed by atoms with E-state index in [9.17, 15) is 4.79 Å². The summed E-state index contributed by atoms with van der Waals surface area (Å²) in [6, 6.07) is 2.38. The van der Waals surface area contributed by atoms with Crippen LogP contribution in [0.1, 0.15) is 52.1 Å². The minimum Gasteiger partial charge on any atom is -0.444 e. The lowest BCUT2D eigenvalue weighted by molar-refractivity contribution is 0.0635. The van der Waals surface area contributed by atoms with Gasteiger partial charge in [-0.2, -0.15) is 0 Å². The first-order valence-electron chi connectivity index (χ1n) is 9.70. The molecule has 1 amide bonds. The van der Waals surface area contributed by atoms with Crippen molar-refractivity contribution in [3.05, 3.63) is 24.0 Å². The van der Waals surface area contributed by atoms with Gasteiger partial charge in [-0.1, -0.05) is 0 Å². The highest BCUT2D eigenvalue weighted by atomic mass is 16.6. The van der Waals surface area contributed by atoms with Crippen LogP contribution in [0.2, 0.25) is 0 Å². The molecule has 7 heteroatoms. The Bertz CT molecular complexity index is 603. The molecule has 1 aliphatic heterocycles. The van der Waals surface area contributed by atoms with E-state index in [1.54, 1.807) is 25.6 Å². The standard InChI is InChI=1S/C20H34N4O3/c1-15(22-13-16-7-6-10-24(16)11-12-26-5)17-14-21-9-8-18(17)23-19(25)27-20(2,3)4/h8-9,14-16,22H,6-7,10-13H2,1-5H3,(H,21,23,25). The van der Waals surface area contributed by atoms with Crippen LogP contribution in [0.4, 0.5) is 10.5 Å². The number of rotatable bonds is 8. The second-order valence-electron chi connectivity index (χ2n) is 8.04. The van der Waals surface area contributed by atoms with Crippen molar-refractivity contribution >= 4 is 11.8 Å². The largest absolute Gasteiger partial charge is 0.444 e. The molecule has 2 N–H and O–H groups in total. The number of carbonyl (C=O) groups excluding carboxylic acids is 1. The number of nitrogens with zero attached hydrogens (tertiary/aromatic N) is 2. The number of likely N-dealkylation sites (tertiary alicyclic amines) is 1. The van der Waals surface area contributed by atoms with Gasteiger partial charge in [0.2, 0.25) is 0 Å². The van der Waals surface area contributed by atoms with Crippen molar-refractivity contribution in [2.45, 2.75) is 58.2 Å². The van der Waals surface area contributed by atoms with E-state index in [2.05, 4.69) is 27.4 Å². The zero-order valence-electron chi connectivity index (χ0n) is 17.2. The Balaban J connectivity index is 1.94. The van der Waals surface area contributed by atoms with Crippen molar-refractivity contribution in [1.82, 2.24) is 15.2 Å². The average molecular weight is 379 g/mol. The molecule has 27 heavy (non-hydrogen) atoms. The first-order valence-corrected chi connectivity index (χ1v) is 9.70. The molecule has 2 atom stereocenters. The number of methoxy groups -OCH3 is 1. The summed E-state index contributed by atoms with van der Waals surface area (Å²) < 4.78 is 10.6. The summed E-state index contributed by atoms with van der Waals surface area (Å²) in [5.74, 6) is 0. The van der Waals surface area contributed by atoms with Gasteiger partial charge in [0.05, 0.1) is 12.3 Å². The molecule has 2 heterocycles. The van der Waals surface area contributed by atoms with Crippen LogP contribution in [0.15, 0.2) is 18.5 Å². The molecule has 7 nitrogen and oxygen atoms in total. The van der Waals surface area contributed by atoms with Crippen LogP contribution in [0, 0.1) is 0 Å². The Morgan fingerprint density at radius 2 is 2.22 bits per heavy atom. The van der Waals surface area contributed by atoms with Gasteiger partial charge in [-0.05, 0) is 53.1 Å². The second-order valence-corrected chi connectivity index (χ2v) is 8.04. The van der Waals surface area contributed by atoms with Crippen LogP contribution >= 0.6 is 0 Å². The van der Waals surface area contributed by atoms with E-state index < -0.39 is 11.7 Å². The fourth-order valence-corrected chi connectivity index (χ4v) is 3.33. The number of amides is 1. The lowest BCUT2D eigenvalue weighted by Crippen LogP contribution is -2.40. The van der Waals surface area contributed by atoms with Gasteiger partial charge in [-0.3, -0.25) is 15.2 Å². The van der Waals surface area contributed by atoms with Crippen molar-refractivity contribution in [3.8, 4) is 0 Å². The Kier molecular flexibility index (Phi) is 8.01. The number of nitrogens with one attached hydrogen (secondary N) is 2. The molecule has 1 aromatic rings. The van der Waals surface area contributed by atoms with Crippen molar-refractivity contribution < 1.29 is 14.3 Å². The maximum Gasteiger partial charge on any atom is 0.412 e. The molecule has 0 spiro atoms. The van der Waals surface area contributed by atoms with Crippen molar-refractivity contribution in [3.63, 3.8) is 0 Å². The summed E-state index contributed by atoms with van der Waals surface area (Å²) in [5, 5.41) is 6.44. The molecule has 1 aromatic heterocycles. The van der Waals surface area contributed by atoms with Crippen LogP contribution in [0.3, 0.4) is 0 Å². The number of anilines is 1. The number of ether oxygens (including phenoxy) is 2. The van der Waals surface area contributed by atoms with E-state index in [0.29, 0.717) is 6.04 Å². The van der Waals surface area contributed by atoms with E-state index in [1.807, 2.05) is 20.8 Å². The molecule has 1 fully saturated rings. The van der Waals surface area contributed by atoms with E-state index in [0.717, 1.165) is 37.5 Å². The van der Waals surface area contributed by atoms with Crippen LogP contribution < -0.4 is 10.6 Å². The molecular formula is C20H34N4O3. The van der Waals surface area contributed by atoms with Gasteiger partial charge in [0, 0.05) is 50.2 Å². The third-order valence-corrected chi connectivity index (χ3v) is 4.70. The molecule has 1 aliphatic rings. The SMILES string of the molecule is COCCN1CCCC1CNC(C)c1cnccc1NC(=O)OC(C)(C)C. The van der Waals surface area contributed by atoms with E-state index in [1.165, 1.54) is 12.8 Å². The molecule has 0 aliphatic carbocycles. The summed E-state index contributed by atoms with van der Waals surface area (Å²) in [7, 11) is 1.74. The molecule has 0 bridgehead atoms. The Hall–Kier alpha value is -1.70. The molecule has 0 radical (unpaired) electrons. The number of aromatic nitrogens is 1. The topological polar surface area (TPSA) is 75.7 Å². The lowest BCUT2D eigenvalue weighted by atomic mass is 10.1. The minimum absolute atomic E-state index is 0.0634. The van der Waals surface area contributed by atoms with Gasteiger partial charge in [0.15, 0.2) is 0 Å².